The molecule has 1 aliphatic rings. The van der Waals surface area contributed by atoms with Gasteiger partial charge in [0, 0.05) is 26.7 Å². The monoisotopic (exact) mass is 257 g/mol. The highest BCUT2D eigenvalue weighted by Crippen LogP contribution is 2.18. The van der Waals surface area contributed by atoms with Gasteiger partial charge in [0.15, 0.2) is 0 Å². The first-order chi connectivity index (χ1) is 8.63. The molecule has 4 heteroatoms. The van der Waals surface area contributed by atoms with Crippen LogP contribution in [0.15, 0.2) is 0 Å². The first kappa shape index (κ1) is 15.9. The molecular weight excluding hydrogens is 226 g/mol. The number of likely N-dealkylation sites (tertiary alicyclic amines) is 1. The Balaban J connectivity index is 2.02. The Kier molecular flexibility index (Phi) is 7.82. The normalized spacial score (nSPS) is 25.8. The second kappa shape index (κ2) is 8.86. The van der Waals surface area contributed by atoms with E-state index in [-0.39, 0.29) is 0 Å². The number of methoxy groups -OCH3 is 1. The van der Waals surface area contributed by atoms with Crippen LogP contribution in [0.4, 0.5) is 0 Å². The van der Waals surface area contributed by atoms with Crippen molar-refractivity contribution in [1.29, 1.82) is 0 Å². The summed E-state index contributed by atoms with van der Waals surface area (Å²) < 4.78 is 5.54. The number of nitrogens with zero attached hydrogens (tertiary/aromatic N) is 2. The summed E-state index contributed by atoms with van der Waals surface area (Å²) in [7, 11) is 6.09. The highest BCUT2D eigenvalue weighted by Gasteiger charge is 2.25. The van der Waals surface area contributed by atoms with Gasteiger partial charge in [-0.2, -0.15) is 0 Å². The lowest BCUT2D eigenvalue weighted by molar-refractivity contribution is -0.00441. The standard InChI is InChI=1S/C14H31N3O/c1-13-6-10-17(12-14(13)18-4)11-8-15-7-5-9-16(2)3/h13-15H,5-12H2,1-4H3. The summed E-state index contributed by atoms with van der Waals surface area (Å²) in [6, 6.07) is 0. The minimum absolute atomic E-state index is 0.424. The van der Waals surface area contributed by atoms with Crippen molar-refractivity contribution in [2.24, 2.45) is 5.92 Å². The van der Waals surface area contributed by atoms with E-state index in [1.165, 1.54) is 25.9 Å². The molecule has 1 aliphatic heterocycles. The highest BCUT2D eigenvalue weighted by molar-refractivity contribution is 4.78. The van der Waals surface area contributed by atoms with Gasteiger partial charge >= 0.3 is 0 Å². The predicted molar refractivity (Wildman–Crippen MR) is 77.1 cm³/mol. The van der Waals surface area contributed by atoms with Crippen LogP contribution in [0.25, 0.3) is 0 Å². The van der Waals surface area contributed by atoms with Crippen LogP contribution in [-0.4, -0.2) is 76.4 Å². The van der Waals surface area contributed by atoms with E-state index in [1.807, 2.05) is 7.11 Å². The molecule has 0 aromatic rings. The molecule has 0 aromatic heterocycles. The van der Waals surface area contributed by atoms with Gasteiger partial charge in [-0.05, 0) is 52.5 Å². The number of nitrogens with one attached hydrogen (secondary N) is 1. The van der Waals surface area contributed by atoms with Crippen molar-refractivity contribution in [3.63, 3.8) is 0 Å². The minimum atomic E-state index is 0.424. The van der Waals surface area contributed by atoms with Crippen molar-refractivity contribution < 1.29 is 4.74 Å². The van der Waals surface area contributed by atoms with Crippen molar-refractivity contribution >= 4 is 0 Å². The number of hydrogen-bond donors (Lipinski definition) is 1. The Morgan fingerprint density at radius 3 is 2.78 bits per heavy atom. The summed E-state index contributed by atoms with van der Waals surface area (Å²) in [6.45, 7) is 9.14. The van der Waals surface area contributed by atoms with Gasteiger partial charge in [-0.1, -0.05) is 6.92 Å². The van der Waals surface area contributed by atoms with Crippen molar-refractivity contribution in [2.45, 2.75) is 25.9 Å². The van der Waals surface area contributed by atoms with E-state index in [1.54, 1.807) is 0 Å². The van der Waals surface area contributed by atoms with Crippen LogP contribution in [-0.2, 0) is 4.74 Å². The fraction of sp³-hybridized carbons (Fsp3) is 1.00. The maximum Gasteiger partial charge on any atom is 0.0724 e. The lowest BCUT2D eigenvalue weighted by Gasteiger charge is -2.36. The van der Waals surface area contributed by atoms with E-state index in [2.05, 4.69) is 36.1 Å². The number of ether oxygens (including phenoxy) is 1. The van der Waals surface area contributed by atoms with E-state index in [4.69, 9.17) is 4.74 Å². The quantitative estimate of drug-likeness (QED) is 0.654. The molecule has 0 saturated carbocycles. The van der Waals surface area contributed by atoms with Gasteiger partial charge in [0.25, 0.3) is 0 Å². The van der Waals surface area contributed by atoms with Crippen LogP contribution < -0.4 is 5.32 Å². The fourth-order valence-corrected chi connectivity index (χ4v) is 2.49. The van der Waals surface area contributed by atoms with Gasteiger partial charge in [0.1, 0.15) is 0 Å². The van der Waals surface area contributed by atoms with E-state index < -0.39 is 0 Å². The molecule has 0 spiro atoms. The second-order valence-corrected chi connectivity index (χ2v) is 5.75. The van der Waals surface area contributed by atoms with Gasteiger partial charge in [-0.3, -0.25) is 4.90 Å². The van der Waals surface area contributed by atoms with Crippen molar-refractivity contribution in [3.05, 3.63) is 0 Å². The topological polar surface area (TPSA) is 27.7 Å². The lowest BCUT2D eigenvalue weighted by atomic mass is 9.96. The Morgan fingerprint density at radius 1 is 1.33 bits per heavy atom. The van der Waals surface area contributed by atoms with Crippen LogP contribution in [0.1, 0.15) is 19.8 Å². The third-order valence-corrected chi connectivity index (χ3v) is 3.84. The lowest BCUT2D eigenvalue weighted by Crippen LogP contribution is -2.46. The van der Waals surface area contributed by atoms with E-state index in [9.17, 15) is 0 Å². The zero-order chi connectivity index (χ0) is 13.4. The largest absolute Gasteiger partial charge is 0.380 e. The first-order valence-electron chi connectivity index (χ1n) is 7.24. The molecule has 2 atom stereocenters. The Hall–Kier alpha value is -0.160. The first-order valence-corrected chi connectivity index (χ1v) is 7.24. The summed E-state index contributed by atoms with van der Waals surface area (Å²) in [6.07, 6.45) is 2.91. The maximum atomic E-state index is 5.54. The van der Waals surface area contributed by atoms with Crippen LogP contribution >= 0.6 is 0 Å². The third-order valence-electron chi connectivity index (χ3n) is 3.84. The van der Waals surface area contributed by atoms with Gasteiger partial charge in [0.05, 0.1) is 6.10 Å². The van der Waals surface area contributed by atoms with Crippen molar-refractivity contribution in [2.75, 3.05) is 60.5 Å². The number of piperidine rings is 1. The molecule has 4 nitrogen and oxygen atoms in total. The maximum absolute atomic E-state index is 5.54. The number of hydrogen-bond acceptors (Lipinski definition) is 4. The number of rotatable bonds is 8. The Bertz CT molecular complexity index is 211. The SMILES string of the molecule is COC1CN(CCNCCCN(C)C)CCC1C. The average molecular weight is 257 g/mol. The molecule has 1 saturated heterocycles. The third kappa shape index (κ3) is 6.14. The van der Waals surface area contributed by atoms with E-state index in [0.29, 0.717) is 12.0 Å². The molecule has 0 amide bonds. The molecule has 108 valence electrons. The zero-order valence-corrected chi connectivity index (χ0v) is 12.6. The summed E-state index contributed by atoms with van der Waals surface area (Å²) in [5.74, 6) is 0.708. The second-order valence-electron chi connectivity index (χ2n) is 5.75. The molecule has 18 heavy (non-hydrogen) atoms. The van der Waals surface area contributed by atoms with E-state index in [0.717, 1.165) is 26.2 Å². The zero-order valence-electron chi connectivity index (χ0n) is 12.6. The molecule has 1 N–H and O–H groups in total. The summed E-state index contributed by atoms with van der Waals surface area (Å²) >= 11 is 0. The van der Waals surface area contributed by atoms with Gasteiger partial charge in [-0.25, -0.2) is 0 Å². The minimum Gasteiger partial charge on any atom is -0.380 e. The van der Waals surface area contributed by atoms with Gasteiger partial charge in [0.2, 0.25) is 0 Å². The summed E-state index contributed by atoms with van der Waals surface area (Å²) in [5.41, 5.74) is 0. The molecule has 0 bridgehead atoms. The molecule has 1 rings (SSSR count). The molecule has 1 heterocycles. The van der Waals surface area contributed by atoms with Crippen LogP contribution in [0, 0.1) is 5.92 Å². The summed E-state index contributed by atoms with van der Waals surface area (Å²) in [4.78, 5) is 4.75. The summed E-state index contributed by atoms with van der Waals surface area (Å²) in [5, 5.41) is 3.52. The molecule has 2 unspecified atom stereocenters. The van der Waals surface area contributed by atoms with Gasteiger partial charge in [-0.15, -0.1) is 0 Å². The van der Waals surface area contributed by atoms with Crippen LogP contribution in [0.2, 0.25) is 0 Å². The van der Waals surface area contributed by atoms with Crippen LogP contribution in [0.5, 0.6) is 0 Å². The predicted octanol–water partition coefficient (Wildman–Crippen LogP) is 0.885. The van der Waals surface area contributed by atoms with E-state index >= 15 is 0 Å². The highest BCUT2D eigenvalue weighted by atomic mass is 16.5. The molecule has 1 fully saturated rings. The fourth-order valence-electron chi connectivity index (χ4n) is 2.49. The molecule has 0 aromatic carbocycles. The molecule has 0 radical (unpaired) electrons. The van der Waals surface area contributed by atoms with Gasteiger partial charge < -0.3 is 15.0 Å². The van der Waals surface area contributed by atoms with Crippen LogP contribution in [0.3, 0.4) is 0 Å². The Labute approximate surface area is 113 Å². The molecular formula is C14H31N3O. The van der Waals surface area contributed by atoms with Crippen molar-refractivity contribution in [3.8, 4) is 0 Å². The average Bonchev–Trinajstić information content (AvgIpc) is 2.35. The molecule has 0 aliphatic carbocycles. The smallest absolute Gasteiger partial charge is 0.0724 e. The van der Waals surface area contributed by atoms with Crippen molar-refractivity contribution in [1.82, 2.24) is 15.1 Å². The Morgan fingerprint density at radius 2 is 2.11 bits per heavy atom.